The Balaban J connectivity index is 1.92. The van der Waals surface area contributed by atoms with E-state index in [2.05, 4.69) is 24.3 Å². The summed E-state index contributed by atoms with van der Waals surface area (Å²) in [5.74, 6) is 3.98. The molecule has 5 rings (SSSR count). The quantitative estimate of drug-likeness (QED) is 0.251. The fourth-order valence-electron chi connectivity index (χ4n) is 6.89. The third kappa shape index (κ3) is 5.27. The van der Waals surface area contributed by atoms with Gasteiger partial charge in [-0.15, -0.1) is 0 Å². The topological polar surface area (TPSA) is 46.2 Å². The summed E-state index contributed by atoms with van der Waals surface area (Å²) in [6.07, 6.45) is 13.1. The first-order valence-corrected chi connectivity index (χ1v) is 15.9. The normalized spacial score (nSPS) is 16.9. The third-order valence-electron chi connectivity index (χ3n) is 8.66. The maximum atomic E-state index is 6.43. The van der Waals surface area contributed by atoms with Crippen LogP contribution in [0.15, 0.2) is 36.4 Å². The maximum Gasteiger partial charge on any atom is 0.135 e. The average molecular weight is 551 g/mol. The molecule has 0 aliphatic heterocycles. The number of benzene rings is 3. The second kappa shape index (κ2) is 12.7. The Hall–Kier alpha value is -2.65. The van der Waals surface area contributed by atoms with Crippen LogP contribution in [0.2, 0.25) is 0 Å². The van der Waals surface area contributed by atoms with E-state index in [0.29, 0.717) is 28.6 Å². The molecule has 0 saturated heterocycles. The van der Waals surface area contributed by atoms with Crippen molar-refractivity contribution < 1.29 is 23.7 Å². The van der Waals surface area contributed by atoms with Crippen molar-refractivity contribution in [2.75, 3.05) is 35.5 Å². The Morgan fingerprint density at radius 3 is 1.49 bits per heavy atom. The van der Waals surface area contributed by atoms with Crippen molar-refractivity contribution in [2.24, 2.45) is 0 Å². The van der Waals surface area contributed by atoms with E-state index in [1.165, 1.54) is 69.5 Å². The van der Waals surface area contributed by atoms with E-state index in [1.807, 2.05) is 19.2 Å². The molecule has 0 atom stereocenters. The minimum atomic E-state index is -0.552. The monoisotopic (exact) mass is 550 g/mol. The number of hydrogen-bond acceptors (Lipinski definition) is 5. The second-order valence-electron chi connectivity index (χ2n) is 10.7. The van der Waals surface area contributed by atoms with E-state index in [-0.39, 0.29) is 0 Å². The van der Waals surface area contributed by atoms with Gasteiger partial charge in [0.1, 0.15) is 28.7 Å². The standard InChI is InChI=1S/C33H43O5P/c1-34-22-20-27(35-2)29(28(21-22)36-3)30-31(37-4)25-18-12-13-19-26(25)32(38-5)33(30)39(23-14-8-6-9-15-23)24-16-10-7-11-17-24/h12-13,18-21,23-24H,6-11,14-17H2,1-5H3. The lowest BCUT2D eigenvalue weighted by atomic mass is 9.96. The summed E-state index contributed by atoms with van der Waals surface area (Å²) in [6, 6.07) is 12.4. The number of hydrogen-bond donors (Lipinski definition) is 0. The molecule has 2 saturated carbocycles. The van der Waals surface area contributed by atoms with Gasteiger partial charge in [-0.25, -0.2) is 0 Å². The van der Waals surface area contributed by atoms with Crippen LogP contribution in [-0.4, -0.2) is 46.9 Å². The van der Waals surface area contributed by atoms with Crippen molar-refractivity contribution in [1.29, 1.82) is 0 Å². The summed E-state index contributed by atoms with van der Waals surface area (Å²) >= 11 is 0. The number of methoxy groups -OCH3 is 5. The fraction of sp³-hybridized carbons (Fsp3) is 0.515. The molecule has 0 bridgehead atoms. The molecule has 210 valence electrons. The highest BCUT2D eigenvalue weighted by atomic mass is 31.1. The Morgan fingerprint density at radius 1 is 0.564 bits per heavy atom. The summed E-state index contributed by atoms with van der Waals surface area (Å²) in [5, 5.41) is 3.47. The lowest BCUT2D eigenvalue weighted by molar-refractivity contribution is 0.376. The van der Waals surface area contributed by atoms with Gasteiger partial charge >= 0.3 is 0 Å². The van der Waals surface area contributed by atoms with Crippen LogP contribution < -0.4 is 29.0 Å². The first kappa shape index (κ1) is 27.9. The fourth-order valence-corrected chi connectivity index (χ4v) is 11.0. The summed E-state index contributed by atoms with van der Waals surface area (Å²) < 4.78 is 30.5. The Labute approximate surface area is 234 Å². The molecule has 2 fully saturated rings. The van der Waals surface area contributed by atoms with Gasteiger partial charge in [0.2, 0.25) is 0 Å². The van der Waals surface area contributed by atoms with Crippen LogP contribution in [0.25, 0.3) is 21.9 Å². The maximum absolute atomic E-state index is 6.43. The van der Waals surface area contributed by atoms with Crippen molar-refractivity contribution in [3.05, 3.63) is 36.4 Å². The predicted octanol–water partition coefficient (Wildman–Crippen LogP) is 8.32. The number of rotatable bonds is 9. The van der Waals surface area contributed by atoms with Gasteiger partial charge in [0.25, 0.3) is 0 Å². The van der Waals surface area contributed by atoms with Gasteiger partial charge in [0, 0.05) is 33.8 Å². The van der Waals surface area contributed by atoms with Crippen LogP contribution in [0.3, 0.4) is 0 Å². The number of ether oxygens (including phenoxy) is 5. The van der Waals surface area contributed by atoms with E-state index >= 15 is 0 Å². The molecule has 6 heteroatoms. The van der Waals surface area contributed by atoms with Crippen LogP contribution >= 0.6 is 7.92 Å². The first-order chi connectivity index (χ1) is 19.2. The van der Waals surface area contributed by atoms with Crippen molar-refractivity contribution in [3.8, 4) is 39.9 Å². The van der Waals surface area contributed by atoms with Crippen molar-refractivity contribution in [1.82, 2.24) is 0 Å². The van der Waals surface area contributed by atoms with Gasteiger partial charge in [0.15, 0.2) is 0 Å². The lowest BCUT2D eigenvalue weighted by Crippen LogP contribution is -2.28. The van der Waals surface area contributed by atoms with E-state index in [4.69, 9.17) is 23.7 Å². The van der Waals surface area contributed by atoms with Crippen molar-refractivity contribution in [3.63, 3.8) is 0 Å². The Bertz CT molecular complexity index is 1230. The van der Waals surface area contributed by atoms with Crippen LogP contribution in [0.5, 0.6) is 28.7 Å². The van der Waals surface area contributed by atoms with Crippen LogP contribution in [0, 0.1) is 0 Å². The highest BCUT2D eigenvalue weighted by Gasteiger charge is 2.39. The number of fused-ring (bicyclic) bond motifs is 1. The summed E-state index contributed by atoms with van der Waals surface area (Å²) in [7, 11) is 8.17. The average Bonchev–Trinajstić information content (AvgIpc) is 3.00. The SMILES string of the molecule is COc1cc(OC)c(-c2c(P(C3CCCCC3)C3CCCCC3)c(OC)c3ccccc3c2OC)c(OC)c1. The van der Waals surface area contributed by atoms with E-state index in [0.717, 1.165) is 33.4 Å². The Morgan fingerprint density at radius 2 is 1.05 bits per heavy atom. The lowest BCUT2D eigenvalue weighted by Gasteiger charge is -2.41. The van der Waals surface area contributed by atoms with Crippen molar-refractivity contribution in [2.45, 2.75) is 75.5 Å². The molecule has 3 aromatic carbocycles. The van der Waals surface area contributed by atoms with E-state index < -0.39 is 7.92 Å². The molecular weight excluding hydrogens is 507 g/mol. The Kier molecular flexibility index (Phi) is 9.07. The smallest absolute Gasteiger partial charge is 0.135 e. The van der Waals surface area contributed by atoms with Gasteiger partial charge in [0.05, 0.1) is 41.1 Å². The molecular formula is C33H43O5P. The molecule has 0 amide bonds. The van der Waals surface area contributed by atoms with E-state index in [9.17, 15) is 0 Å². The molecule has 0 aromatic heterocycles. The molecule has 0 unspecified atom stereocenters. The predicted molar refractivity (Wildman–Crippen MR) is 162 cm³/mol. The second-order valence-corrected chi connectivity index (χ2v) is 13.5. The van der Waals surface area contributed by atoms with Crippen molar-refractivity contribution >= 4 is 24.0 Å². The molecule has 0 N–H and O–H groups in total. The summed E-state index contributed by atoms with van der Waals surface area (Å²) in [5.41, 5.74) is 3.32. The molecule has 0 heterocycles. The minimum absolute atomic E-state index is 0.552. The van der Waals surface area contributed by atoms with E-state index in [1.54, 1.807) is 28.4 Å². The molecule has 5 nitrogen and oxygen atoms in total. The third-order valence-corrected chi connectivity index (χ3v) is 12.2. The molecule has 0 radical (unpaired) electrons. The molecule has 2 aliphatic rings. The first-order valence-electron chi connectivity index (χ1n) is 14.4. The molecule has 3 aromatic rings. The van der Waals surface area contributed by atoms with Crippen LogP contribution in [0.4, 0.5) is 0 Å². The van der Waals surface area contributed by atoms with Gasteiger partial charge in [-0.1, -0.05) is 70.7 Å². The van der Waals surface area contributed by atoms with Gasteiger partial charge in [-0.2, -0.15) is 0 Å². The molecule has 0 spiro atoms. The molecule has 2 aliphatic carbocycles. The summed E-state index contributed by atoms with van der Waals surface area (Å²) in [4.78, 5) is 0. The molecule has 39 heavy (non-hydrogen) atoms. The summed E-state index contributed by atoms with van der Waals surface area (Å²) in [6.45, 7) is 0. The van der Waals surface area contributed by atoms with Crippen LogP contribution in [0.1, 0.15) is 64.2 Å². The van der Waals surface area contributed by atoms with Crippen LogP contribution in [-0.2, 0) is 0 Å². The zero-order chi connectivity index (χ0) is 27.4. The zero-order valence-electron chi connectivity index (χ0n) is 24.2. The zero-order valence-corrected chi connectivity index (χ0v) is 25.1. The highest BCUT2D eigenvalue weighted by Crippen LogP contribution is 2.61. The highest BCUT2D eigenvalue weighted by molar-refractivity contribution is 7.67. The largest absolute Gasteiger partial charge is 0.496 e. The minimum Gasteiger partial charge on any atom is -0.496 e. The van der Waals surface area contributed by atoms with Gasteiger partial charge in [-0.05, 0) is 37.0 Å². The van der Waals surface area contributed by atoms with Gasteiger partial charge in [-0.3, -0.25) is 0 Å². The van der Waals surface area contributed by atoms with Gasteiger partial charge < -0.3 is 23.7 Å².